The van der Waals surface area contributed by atoms with E-state index in [2.05, 4.69) is 37.9 Å². The summed E-state index contributed by atoms with van der Waals surface area (Å²) in [6.45, 7) is 8.30. The second kappa shape index (κ2) is 8.36. The van der Waals surface area contributed by atoms with Crippen molar-refractivity contribution in [2.45, 2.75) is 39.2 Å². The van der Waals surface area contributed by atoms with Gasteiger partial charge in [-0.15, -0.1) is 0 Å². The number of fused-ring (bicyclic) bond motifs is 1. The van der Waals surface area contributed by atoms with E-state index in [9.17, 15) is 9.59 Å². The summed E-state index contributed by atoms with van der Waals surface area (Å²) in [5.41, 5.74) is 3.86. The molecule has 6 heteroatoms. The highest BCUT2D eigenvalue weighted by atomic mass is 32.1. The fraction of sp³-hybridized carbons (Fsp3) is 0.269. The molecule has 1 aromatic heterocycles. The van der Waals surface area contributed by atoms with E-state index in [0.717, 1.165) is 11.1 Å². The van der Waals surface area contributed by atoms with Crippen LogP contribution in [0.4, 0.5) is 0 Å². The molecule has 0 bridgehead atoms. The maximum absolute atomic E-state index is 13.5. The van der Waals surface area contributed by atoms with Gasteiger partial charge in [0.1, 0.15) is 0 Å². The molecular weight excluding hydrogens is 420 g/mol. The van der Waals surface area contributed by atoms with E-state index in [0.29, 0.717) is 20.6 Å². The van der Waals surface area contributed by atoms with Crippen molar-refractivity contribution in [2.75, 3.05) is 7.11 Å². The number of ether oxygens (including phenoxy) is 1. The van der Waals surface area contributed by atoms with Crippen LogP contribution in [-0.4, -0.2) is 17.6 Å². The molecule has 2 aromatic carbocycles. The van der Waals surface area contributed by atoms with Gasteiger partial charge < -0.3 is 4.74 Å². The smallest absolute Gasteiger partial charge is 0.338 e. The molecule has 3 aromatic rings. The first kappa shape index (κ1) is 22.0. The SMILES string of the molecule is COC(=O)C1=C(C)N=c2s/c(=C\c3ccc(C(C)(C)C)cc3)c(=O)n2[C@H]1c1ccccc1. The van der Waals surface area contributed by atoms with Gasteiger partial charge in [0.2, 0.25) is 0 Å². The summed E-state index contributed by atoms with van der Waals surface area (Å²) in [5.74, 6) is -0.479. The summed E-state index contributed by atoms with van der Waals surface area (Å²) < 4.78 is 7.21. The Morgan fingerprint density at radius 2 is 1.75 bits per heavy atom. The van der Waals surface area contributed by atoms with Crippen LogP contribution >= 0.6 is 11.3 Å². The predicted molar refractivity (Wildman–Crippen MR) is 127 cm³/mol. The van der Waals surface area contributed by atoms with Gasteiger partial charge in [-0.3, -0.25) is 9.36 Å². The van der Waals surface area contributed by atoms with Crippen LogP contribution < -0.4 is 14.9 Å². The van der Waals surface area contributed by atoms with E-state index < -0.39 is 12.0 Å². The summed E-state index contributed by atoms with van der Waals surface area (Å²) >= 11 is 1.33. The Morgan fingerprint density at radius 3 is 2.34 bits per heavy atom. The Hall–Kier alpha value is -3.25. The van der Waals surface area contributed by atoms with Crippen molar-refractivity contribution in [1.29, 1.82) is 0 Å². The Morgan fingerprint density at radius 1 is 1.09 bits per heavy atom. The minimum absolute atomic E-state index is 0.0648. The van der Waals surface area contributed by atoms with Gasteiger partial charge in [-0.2, -0.15) is 0 Å². The maximum Gasteiger partial charge on any atom is 0.338 e. The van der Waals surface area contributed by atoms with E-state index >= 15 is 0 Å². The van der Waals surface area contributed by atoms with E-state index in [-0.39, 0.29) is 11.0 Å². The standard InChI is InChI=1S/C26H26N2O3S/c1-16-21(24(30)31-5)22(18-9-7-6-8-10-18)28-23(29)20(32-25(28)27-16)15-17-11-13-19(14-12-17)26(2,3)4/h6-15,22H,1-5H3/b20-15-/t22-/m0/s1. The molecule has 0 fully saturated rings. The zero-order chi connectivity index (χ0) is 23.0. The third-order valence-electron chi connectivity index (χ3n) is 5.62. The molecule has 0 saturated carbocycles. The van der Waals surface area contributed by atoms with Crippen molar-refractivity contribution >= 4 is 23.4 Å². The van der Waals surface area contributed by atoms with Crippen molar-refractivity contribution in [1.82, 2.24) is 4.57 Å². The summed E-state index contributed by atoms with van der Waals surface area (Å²) in [7, 11) is 1.34. The molecule has 1 aliphatic heterocycles. The van der Waals surface area contributed by atoms with Gasteiger partial charge in [0.05, 0.1) is 29.0 Å². The lowest BCUT2D eigenvalue weighted by Gasteiger charge is -2.24. The molecule has 0 aliphatic carbocycles. The Balaban J connectivity index is 1.89. The number of hydrogen-bond donors (Lipinski definition) is 0. The first-order valence-corrected chi connectivity index (χ1v) is 11.3. The summed E-state index contributed by atoms with van der Waals surface area (Å²) in [6.07, 6.45) is 1.88. The van der Waals surface area contributed by atoms with Crippen LogP contribution in [-0.2, 0) is 14.9 Å². The monoisotopic (exact) mass is 446 g/mol. The van der Waals surface area contributed by atoms with E-state index in [4.69, 9.17) is 4.74 Å². The molecule has 2 heterocycles. The number of thiazole rings is 1. The van der Waals surface area contributed by atoms with Crippen molar-refractivity contribution in [3.05, 3.63) is 102 Å². The molecule has 0 N–H and O–H groups in total. The van der Waals surface area contributed by atoms with E-state index in [1.165, 1.54) is 24.0 Å². The Bertz CT molecular complexity index is 1370. The van der Waals surface area contributed by atoms with Crippen LogP contribution in [0.25, 0.3) is 6.08 Å². The molecule has 0 unspecified atom stereocenters. The number of hydrogen-bond acceptors (Lipinski definition) is 5. The van der Waals surface area contributed by atoms with Crippen molar-refractivity contribution < 1.29 is 9.53 Å². The number of rotatable bonds is 3. The first-order valence-electron chi connectivity index (χ1n) is 10.5. The third-order valence-corrected chi connectivity index (χ3v) is 6.60. The van der Waals surface area contributed by atoms with Gasteiger partial charge in [0.25, 0.3) is 5.56 Å². The highest BCUT2D eigenvalue weighted by Crippen LogP contribution is 2.30. The number of carbonyl (C=O) groups excluding carboxylic acids is 1. The highest BCUT2D eigenvalue weighted by Gasteiger charge is 2.32. The normalized spacial score (nSPS) is 16.5. The number of aromatic nitrogens is 1. The lowest BCUT2D eigenvalue weighted by atomic mass is 9.87. The molecule has 0 saturated heterocycles. The number of esters is 1. The Labute approximate surface area is 191 Å². The van der Waals surface area contributed by atoms with Crippen LogP contribution in [0.2, 0.25) is 0 Å². The van der Waals surface area contributed by atoms with Crippen LogP contribution in [0.15, 0.2) is 75.7 Å². The van der Waals surface area contributed by atoms with Gasteiger partial charge in [0, 0.05) is 0 Å². The quantitative estimate of drug-likeness (QED) is 0.577. The zero-order valence-electron chi connectivity index (χ0n) is 18.9. The van der Waals surface area contributed by atoms with Gasteiger partial charge in [0.15, 0.2) is 4.80 Å². The van der Waals surface area contributed by atoms with E-state index in [1.807, 2.05) is 48.5 Å². The molecule has 5 nitrogen and oxygen atoms in total. The van der Waals surface area contributed by atoms with Crippen molar-refractivity contribution in [3.63, 3.8) is 0 Å². The molecule has 0 amide bonds. The number of nitrogens with zero attached hydrogens (tertiary/aromatic N) is 2. The minimum Gasteiger partial charge on any atom is -0.466 e. The maximum atomic E-state index is 13.5. The molecule has 1 aliphatic rings. The molecule has 0 radical (unpaired) electrons. The second-order valence-corrected chi connectivity index (χ2v) is 9.87. The number of methoxy groups -OCH3 is 1. The van der Waals surface area contributed by atoms with Crippen LogP contribution in [0, 0.1) is 0 Å². The fourth-order valence-corrected chi connectivity index (χ4v) is 4.92. The lowest BCUT2D eigenvalue weighted by Crippen LogP contribution is -2.39. The van der Waals surface area contributed by atoms with Crippen LogP contribution in [0.3, 0.4) is 0 Å². The topological polar surface area (TPSA) is 60.7 Å². The Kier molecular flexibility index (Phi) is 5.73. The van der Waals surface area contributed by atoms with Gasteiger partial charge >= 0.3 is 5.97 Å². The summed E-state index contributed by atoms with van der Waals surface area (Å²) in [4.78, 5) is 31.3. The summed E-state index contributed by atoms with van der Waals surface area (Å²) in [5, 5.41) is 0. The molecule has 4 rings (SSSR count). The van der Waals surface area contributed by atoms with Gasteiger partial charge in [-0.1, -0.05) is 86.7 Å². The number of allylic oxidation sites excluding steroid dienone is 1. The molecule has 1 atom stereocenters. The van der Waals surface area contributed by atoms with Gasteiger partial charge in [-0.25, -0.2) is 9.79 Å². The van der Waals surface area contributed by atoms with Crippen LogP contribution in [0.5, 0.6) is 0 Å². The average Bonchev–Trinajstić information content (AvgIpc) is 3.07. The van der Waals surface area contributed by atoms with Crippen molar-refractivity contribution in [2.24, 2.45) is 4.99 Å². The fourth-order valence-electron chi connectivity index (χ4n) is 3.87. The zero-order valence-corrected chi connectivity index (χ0v) is 19.7. The third kappa shape index (κ3) is 3.98. The van der Waals surface area contributed by atoms with Crippen molar-refractivity contribution in [3.8, 4) is 0 Å². The van der Waals surface area contributed by atoms with Crippen LogP contribution in [0.1, 0.15) is 50.4 Å². The minimum atomic E-state index is -0.578. The largest absolute Gasteiger partial charge is 0.466 e. The molecule has 164 valence electrons. The number of benzene rings is 2. The molecular formula is C26H26N2O3S. The van der Waals surface area contributed by atoms with E-state index in [1.54, 1.807) is 11.5 Å². The summed E-state index contributed by atoms with van der Waals surface area (Å²) in [6, 6.07) is 17.2. The number of carbonyl (C=O) groups is 1. The average molecular weight is 447 g/mol. The first-order chi connectivity index (χ1) is 15.2. The second-order valence-electron chi connectivity index (χ2n) is 8.86. The molecule has 32 heavy (non-hydrogen) atoms. The molecule has 0 spiro atoms. The highest BCUT2D eigenvalue weighted by molar-refractivity contribution is 7.07. The lowest BCUT2D eigenvalue weighted by molar-refractivity contribution is -0.136. The van der Waals surface area contributed by atoms with Gasteiger partial charge in [-0.05, 0) is 35.1 Å². The predicted octanol–water partition coefficient (Wildman–Crippen LogP) is 3.71.